The molecule has 0 bridgehead atoms. The molecule has 3 rings (SSSR count). The number of carbonyl (C=O) groups is 1. The van der Waals surface area contributed by atoms with Gasteiger partial charge >= 0.3 is 0 Å². The van der Waals surface area contributed by atoms with Crippen LogP contribution in [0, 0.1) is 4.84 Å². The Morgan fingerprint density at radius 3 is 3.21 bits per heavy atom. The predicted molar refractivity (Wildman–Crippen MR) is 72.5 cm³/mol. The molecule has 1 aliphatic rings. The number of nitrogens with one attached hydrogen (secondary N) is 1. The molecule has 100 valence electrons. The summed E-state index contributed by atoms with van der Waals surface area (Å²) in [4.78, 5) is 17.3. The third kappa shape index (κ3) is 2.17. The molecule has 1 aliphatic heterocycles. The largest absolute Gasteiger partial charge is 0.429 e. The lowest BCUT2D eigenvalue weighted by Gasteiger charge is -2.22. The molecule has 1 fully saturated rings. The summed E-state index contributed by atoms with van der Waals surface area (Å²) in [5.41, 5.74) is 1.92. The summed E-state index contributed by atoms with van der Waals surface area (Å²) in [7, 11) is 0. The van der Waals surface area contributed by atoms with Crippen molar-refractivity contribution in [2.24, 2.45) is 0 Å². The molecule has 5 nitrogen and oxygen atoms in total. The number of aromatic nitrogens is 1. The van der Waals surface area contributed by atoms with Gasteiger partial charge in [-0.2, -0.15) is 0 Å². The normalized spacial score (nSPS) is 19.2. The summed E-state index contributed by atoms with van der Waals surface area (Å²) in [6, 6.07) is 5.15. The second kappa shape index (κ2) is 4.79. The highest BCUT2D eigenvalue weighted by atomic mass is 32.1. The Labute approximate surface area is 114 Å². The Hall–Kier alpha value is -1.66. The van der Waals surface area contributed by atoms with Crippen LogP contribution in [-0.2, 0) is 0 Å². The fraction of sp³-hybridized carbons (Fsp3) is 0.385. The quantitative estimate of drug-likeness (QED) is 0.825. The molecule has 2 N–H and O–H groups in total. The van der Waals surface area contributed by atoms with Gasteiger partial charge in [0, 0.05) is 12.1 Å². The number of amides is 1. The summed E-state index contributed by atoms with van der Waals surface area (Å²) < 4.78 is 5.31. The number of likely N-dealkylation sites (tertiary alicyclic amines) is 1. The second-order valence-electron chi connectivity index (χ2n) is 4.70. The van der Waals surface area contributed by atoms with Gasteiger partial charge in [0.2, 0.25) is 0 Å². The number of H-pyrrole nitrogens is 1. The molecular weight excluding hydrogens is 264 g/mol. The molecule has 0 unspecified atom stereocenters. The van der Waals surface area contributed by atoms with Crippen LogP contribution in [0.4, 0.5) is 0 Å². The number of rotatable bonds is 2. The molecule has 0 aliphatic carbocycles. The van der Waals surface area contributed by atoms with E-state index in [-0.39, 0.29) is 18.6 Å². The summed E-state index contributed by atoms with van der Waals surface area (Å²) in [5, 5.41) is 9.28. The van der Waals surface area contributed by atoms with E-state index in [1.165, 1.54) is 0 Å². The first-order valence-electron chi connectivity index (χ1n) is 6.24. The number of aromatic amines is 1. The van der Waals surface area contributed by atoms with Crippen molar-refractivity contribution < 1.29 is 14.3 Å². The number of oxazole rings is 1. The number of benzene rings is 1. The molecule has 0 saturated carbocycles. The monoisotopic (exact) mass is 278 g/mol. The van der Waals surface area contributed by atoms with Gasteiger partial charge in [-0.1, -0.05) is 0 Å². The van der Waals surface area contributed by atoms with Crippen molar-refractivity contribution in [3.05, 3.63) is 28.6 Å². The van der Waals surface area contributed by atoms with E-state index in [0.29, 0.717) is 22.5 Å². The first-order valence-corrected chi connectivity index (χ1v) is 6.64. The van der Waals surface area contributed by atoms with Crippen LogP contribution < -0.4 is 0 Å². The number of hydrogen-bond acceptors (Lipinski definition) is 4. The lowest BCUT2D eigenvalue weighted by Crippen LogP contribution is -2.37. The van der Waals surface area contributed by atoms with Crippen molar-refractivity contribution >= 4 is 29.2 Å². The average molecular weight is 278 g/mol. The summed E-state index contributed by atoms with van der Waals surface area (Å²) in [6.07, 6.45) is 1.79. The standard InChI is InChI=1S/C13H14N2O3S/c16-7-9-2-1-5-15(9)12(17)8-3-4-10-11(6-8)18-13(19)14-10/h3-4,6,9,16H,1-2,5,7H2,(H,14,19)/t9-/m1/s1. The third-order valence-electron chi connectivity index (χ3n) is 3.52. The first kappa shape index (κ1) is 12.4. The highest BCUT2D eigenvalue weighted by Gasteiger charge is 2.28. The SMILES string of the molecule is O=C(c1ccc2[nH]c(=S)oc2c1)N1CCC[C@@H]1CO. The number of nitrogens with zero attached hydrogens (tertiary/aromatic N) is 1. The maximum absolute atomic E-state index is 12.4. The zero-order chi connectivity index (χ0) is 13.4. The first-order chi connectivity index (χ1) is 9.19. The van der Waals surface area contributed by atoms with E-state index in [9.17, 15) is 9.90 Å². The van der Waals surface area contributed by atoms with Crippen LogP contribution in [0.15, 0.2) is 22.6 Å². The van der Waals surface area contributed by atoms with Crippen molar-refractivity contribution in [1.82, 2.24) is 9.88 Å². The number of fused-ring (bicyclic) bond motifs is 1. The van der Waals surface area contributed by atoms with E-state index in [2.05, 4.69) is 4.98 Å². The van der Waals surface area contributed by atoms with Gasteiger partial charge in [-0.25, -0.2) is 0 Å². The van der Waals surface area contributed by atoms with Gasteiger partial charge in [0.25, 0.3) is 10.7 Å². The summed E-state index contributed by atoms with van der Waals surface area (Å²) in [5.74, 6) is -0.0687. The number of aliphatic hydroxyl groups is 1. The Balaban J connectivity index is 1.94. The van der Waals surface area contributed by atoms with Gasteiger partial charge in [-0.3, -0.25) is 4.79 Å². The summed E-state index contributed by atoms with van der Waals surface area (Å²) in [6.45, 7) is 0.706. The van der Waals surface area contributed by atoms with Crippen LogP contribution in [0.5, 0.6) is 0 Å². The molecule has 1 atom stereocenters. The van der Waals surface area contributed by atoms with Crippen LogP contribution in [-0.4, -0.2) is 40.1 Å². The highest BCUT2D eigenvalue weighted by Crippen LogP contribution is 2.22. The zero-order valence-electron chi connectivity index (χ0n) is 10.3. The zero-order valence-corrected chi connectivity index (χ0v) is 11.1. The Bertz CT molecular complexity index is 676. The van der Waals surface area contributed by atoms with Crippen molar-refractivity contribution in [1.29, 1.82) is 0 Å². The molecule has 2 aromatic rings. The van der Waals surface area contributed by atoms with Gasteiger partial charge in [-0.15, -0.1) is 0 Å². The molecule has 19 heavy (non-hydrogen) atoms. The molecule has 1 aromatic carbocycles. The minimum absolute atomic E-state index is 0.0127. The van der Waals surface area contributed by atoms with Crippen molar-refractivity contribution in [3.8, 4) is 0 Å². The molecule has 6 heteroatoms. The van der Waals surface area contributed by atoms with Gasteiger partial charge in [-0.05, 0) is 43.3 Å². The molecule has 0 radical (unpaired) electrons. The van der Waals surface area contributed by atoms with Gasteiger partial charge in [0.1, 0.15) is 0 Å². The van der Waals surface area contributed by atoms with E-state index >= 15 is 0 Å². The Morgan fingerprint density at radius 1 is 1.58 bits per heavy atom. The third-order valence-corrected chi connectivity index (χ3v) is 3.70. The predicted octanol–water partition coefficient (Wildman–Crippen LogP) is 2.09. The lowest BCUT2D eigenvalue weighted by atomic mass is 10.1. The van der Waals surface area contributed by atoms with Crippen LogP contribution in [0.1, 0.15) is 23.2 Å². The van der Waals surface area contributed by atoms with Gasteiger partial charge < -0.3 is 19.4 Å². The molecule has 2 heterocycles. The van der Waals surface area contributed by atoms with Gasteiger partial charge in [0.15, 0.2) is 5.58 Å². The fourth-order valence-electron chi connectivity index (χ4n) is 2.54. The molecule has 1 saturated heterocycles. The van der Waals surface area contributed by atoms with Crippen LogP contribution >= 0.6 is 12.2 Å². The van der Waals surface area contributed by atoms with E-state index in [1.807, 2.05) is 0 Å². The Morgan fingerprint density at radius 2 is 2.42 bits per heavy atom. The number of hydrogen-bond donors (Lipinski definition) is 2. The molecule has 1 amide bonds. The maximum atomic E-state index is 12.4. The average Bonchev–Trinajstić information content (AvgIpc) is 3.01. The minimum atomic E-state index is -0.0687. The van der Waals surface area contributed by atoms with Crippen LogP contribution in [0.3, 0.4) is 0 Å². The number of aliphatic hydroxyl groups excluding tert-OH is 1. The molecular formula is C13H14N2O3S. The lowest BCUT2D eigenvalue weighted by molar-refractivity contribution is 0.0677. The minimum Gasteiger partial charge on any atom is -0.429 e. The van der Waals surface area contributed by atoms with Crippen molar-refractivity contribution in [3.63, 3.8) is 0 Å². The smallest absolute Gasteiger partial charge is 0.266 e. The van der Waals surface area contributed by atoms with E-state index in [4.69, 9.17) is 16.6 Å². The number of carbonyl (C=O) groups excluding carboxylic acids is 1. The highest BCUT2D eigenvalue weighted by molar-refractivity contribution is 7.71. The fourth-order valence-corrected chi connectivity index (χ4v) is 2.74. The van der Waals surface area contributed by atoms with E-state index in [0.717, 1.165) is 18.4 Å². The van der Waals surface area contributed by atoms with Crippen molar-refractivity contribution in [2.75, 3.05) is 13.2 Å². The second-order valence-corrected chi connectivity index (χ2v) is 5.07. The van der Waals surface area contributed by atoms with Crippen LogP contribution in [0.25, 0.3) is 11.1 Å². The topological polar surface area (TPSA) is 69.5 Å². The van der Waals surface area contributed by atoms with E-state index < -0.39 is 0 Å². The Kier molecular flexibility index (Phi) is 3.12. The summed E-state index contributed by atoms with van der Waals surface area (Å²) >= 11 is 4.92. The van der Waals surface area contributed by atoms with Crippen molar-refractivity contribution in [2.45, 2.75) is 18.9 Å². The molecule has 1 aromatic heterocycles. The maximum Gasteiger partial charge on any atom is 0.266 e. The van der Waals surface area contributed by atoms with Gasteiger partial charge in [0.05, 0.1) is 18.2 Å². The van der Waals surface area contributed by atoms with Crippen LogP contribution in [0.2, 0.25) is 0 Å². The molecule has 0 spiro atoms. The van der Waals surface area contributed by atoms with E-state index in [1.54, 1.807) is 23.1 Å².